The van der Waals surface area contributed by atoms with Gasteiger partial charge in [0.15, 0.2) is 5.90 Å². The normalized spacial score (nSPS) is 20.7. The Kier molecular flexibility index (Phi) is 5.89. The lowest BCUT2D eigenvalue weighted by molar-refractivity contribution is -0.128. The van der Waals surface area contributed by atoms with Crippen molar-refractivity contribution in [2.45, 2.75) is 73.9 Å². The van der Waals surface area contributed by atoms with Crippen molar-refractivity contribution in [1.29, 1.82) is 0 Å². The highest BCUT2D eigenvalue weighted by molar-refractivity contribution is 6.04. The Balaban J connectivity index is 2.89. The van der Waals surface area contributed by atoms with Crippen molar-refractivity contribution >= 4 is 11.8 Å². The van der Waals surface area contributed by atoms with Gasteiger partial charge in [0, 0.05) is 12.6 Å². The van der Waals surface area contributed by atoms with Crippen LogP contribution in [0.3, 0.4) is 0 Å². The van der Waals surface area contributed by atoms with Crippen LogP contribution >= 0.6 is 0 Å². The molecule has 5 heteroatoms. The van der Waals surface area contributed by atoms with Crippen molar-refractivity contribution in [2.75, 3.05) is 13.2 Å². The van der Waals surface area contributed by atoms with Crippen LogP contribution in [0.25, 0.3) is 0 Å². The number of carbonyl (C=O) groups excluding carboxylic acids is 1. The molecule has 0 unspecified atom stereocenters. The first-order chi connectivity index (χ1) is 10.3. The average Bonchev–Trinajstić information content (AvgIpc) is 2.86. The van der Waals surface area contributed by atoms with E-state index in [-0.39, 0.29) is 35.4 Å². The zero-order chi connectivity index (χ0) is 18.1. The second-order valence-electron chi connectivity index (χ2n) is 9.16. The highest BCUT2D eigenvalue weighted by Gasteiger charge is 2.42. The summed E-state index contributed by atoms with van der Waals surface area (Å²) in [5, 5.41) is 12.3. The third kappa shape index (κ3) is 4.93. The van der Waals surface area contributed by atoms with Crippen molar-refractivity contribution < 1.29 is 14.6 Å². The van der Waals surface area contributed by atoms with Crippen LogP contribution in [0, 0.1) is 16.2 Å². The molecule has 0 saturated carbocycles. The van der Waals surface area contributed by atoms with Crippen LogP contribution in [0.15, 0.2) is 4.99 Å². The number of hydrogen-bond donors (Lipinski definition) is 2. The van der Waals surface area contributed by atoms with E-state index in [9.17, 15) is 9.90 Å². The van der Waals surface area contributed by atoms with Crippen LogP contribution in [-0.2, 0) is 9.53 Å². The zero-order valence-corrected chi connectivity index (χ0v) is 16.0. The van der Waals surface area contributed by atoms with Crippen LogP contribution in [0.4, 0.5) is 0 Å². The molecule has 0 fully saturated rings. The molecular formula is C18H34N2O3. The minimum atomic E-state index is -0.820. The second kappa shape index (κ2) is 6.80. The van der Waals surface area contributed by atoms with Crippen molar-refractivity contribution in [2.24, 2.45) is 21.2 Å². The van der Waals surface area contributed by atoms with Crippen molar-refractivity contribution in [3.8, 4) is 0 Å². The largest absolute Gasteiger partial charge is 0.478 e. The highest BCUT2D eigenvalue weighted by atomic mass is 16.5. The first kappa shape index (κ1) is 19.9. The molecule has 0 aliphatic carbocycles. The molecule has 1 amide bonds. The summed E-state index contributed by atoms with van der Waals surface area (Å²) < 4.78 is 5.74. The number of aliphatic hydroxyl groups is 1. The molecular weight excluding hydrogens is 292 g/mol. The Labute approximate surface area is 140 Å². The molecule has 2 atom stereocenters. The molecule has 2 N–H and O–H groups in total. The van der Waals surface area contributed by atoms with E-state index in [0.717, 1.165) is 0 Å². The van der Waals surface area contributed by atoms with E-state index in [1.54, 1.807) is 0 Å². The van der Waals surface area contributed by atoms with E-state index in [4.69, 9.17) is 4.74 Å². The number of hydrogen-bond acceptors (Lipinski definition) is 4. The predicted molar refractivity (Wildman–Crippen MR) is 93.5 cm³/mol. The topological polar surface area (TPSA) is 70.9 Å². The number of rotatable bonds is 5. The van der Waals surface area contributed by atoms with Gasteiger partial charge in [-0.1, -0.05) is 41.5 Å². The molecule has 5 nitrogen and oxygen atoms in total. The SMILES string of the molecule is CC(C)(C(=O)N[C@@H](CCO)C(C)(C)C)C1=N[C@H](C(C)(C)C)CO1. The van der Waals surface area contributed by atoms with Gasteiger partial charge in [0.25, 0.3) is 0 Å². The lowest BCUT2D eigenvalue weighted by Crippen LogP contribution is -2.51. The second-order valence-corrected chi connectivity index (χ2v) is 9.16. The summed E-state index contributed by atoms with van der Waals surface area (Å²) in [5.41, 5.74) is -0.932. The number of nitrogens with zero attached hydrogens (tertiary/aromatic N) is 1. The van der Waals surface area contributed by atoms with Gasteiger partial charge in [-0.15, -0.1) is 0 Å². The number of aliphatic hydroxyl groups excluding tert-OH is 1. The molecule has 0 spiro atoms. The summed E-state index contributed by atoms with van der Waals surface area (Å²) in [5.74, 6) is 0.394. The van der Waals surface area contributed by atoms with Crippen LogP contribution in [0.2, 0.25) is 0 Å². The quantitative estimate of drug-likeness (QED) is 0.816. The van der Waals surface area contributed by atoms with Gasteiger partial charge in [0.1, 0.15) is 12.0 Å². The fraction of sp³-hybridized carbons (Fsp3) is 0.889. The first-order valence-corrected chi connectivity index (χ1v) is 8.43. The van der Waals surface area contributed by atoms with Crippen molar-refractivity contribution in [3.05, 3.63) is 0 Å². The monoisotopic (exact) mass is 326 g/mol. The molecule has 0 aromatic heterocycles. The number of amides is 1. The van der Waals surface area contributed by atoms with Crippen LogP contribution in [0.1, 0.15) is 61.8 Å². The molecule has 0 aromatic rings. The number of carbonyl (C=O) groups is 1. The van der Waals surface area contributed by atoms with Crippen LogP contribution < -0.4 is 5.32 Å². The summed E-state index contributed by atoms with van der Waals surface area (Å²) in [7, 11) is 0. The highest BCUT2D eigenvalue weighted by Crippen LogP contribution is 2.32. The first-order valence-electron chi connectivity index (χ1n) is 8.43. The molecule has 0 bridgehead atoms. The van der Waals surface area contributed by atoms with Gasteiger partial charge >= 0.3 is 0 Å². The van der Waals surface area contributed by atoms with E-state index >= 15 is 0 Å². The summed E-state index contributed by atoms with van der Waals surface area (Å²) in [6.07, 6.45) is 0.531. The Morgan fingerprint density at radius 2 is 1.83 bits per heavy atom. The third-order valence-electron chi connectivity index (χ3n) is 4.52. The maximum Gasteiger partial charge on any atom is 0.235 e. The van der Waals surface area contributed by atoms with Gasteiger partial charge in [-0.3, -0.25) is 4.79 Å². The third-order valence-corrected chi connectivity index (χ3v) is 4.52. The lowest BCUT2D eigenvalue weighted by atomic mass is 9.83. The predicted octanol–water partition coefficient (Wildman–Crippen LogP) is 2.77. The fourth-order valence-electron chi connectivity index (χ4n) is 2.45. The minimum Gasteiger partial charge on any atom is -0.478 e. The van der Waals surface area contributed by atoms with E-state index in [2.05, 4.69) is 51.9 Å². The molecule has 0 aromatic carbocycles. The van der Waals surface area contributed by atoms with Gasteiger partial charge in [-0.2, -0.15) is 0 Å². The smallest absolute Gasteiger partial charge is 0.235 e. The molecule has 0 radical (unpaired) electrons. The number of nitrogens with one attached hydrogen (secondary N) is 1. The maximum atomic E-state index is 12.8. The van der Waals surface area contributed by atoms with Gasteiger partial charge < -0.3 is 15.2 Å². The van der Waals surface area contributed by atoms with Gasteiger partial charge in [-0.25, -0.2) is 4.99 Å². The molecule has 0 saturated heterocycles. The van der Waals surface area contributed by atoms with Gasteiger partial charge in [0.2, 0.25) is 5.91 Å². The average molecular weight is 326 g/mol. The van der Waals surface area contributed by atoms with Crippen LogP contribution in [-0.4, -0.2) is 42.2 Å². The number of ether oxygens (including phenoxy) is 1. The van der Waals surface area contributed by atoms with E-state index in [0.29, 0.717) is 18.9 Å². The Morgan fingerprint density at radius 1 is 1.26 bits per heavy atom. The van der Waals surface area contributed by atoms with Crippen molar-refractivity contribution in [1.82, 2.24) is 5.32 Å². The Bertz CT molecular complexity index is 456. The molecule has 1 aliphatic rings. The maximum absolute atomic E-state index is 12.8. The summed E-state index contributed by atoms with van der Waals surface area (Å²) in [4.78, 5) is 17.4. The number of aliphatic imine (C=N–C) groups is 1. The molecule has 1 aliphatic heterocycles. The lowest BCUT2D eigenvalue weighted by Gasteiger charge is -2.34. The summed E-state index contributed by atoms with van der Waals surface area (Å²) in [6.45, 7) is 16.8. The van der Waals surface area contributed by atoms with Crippen LogP contribution in [0.5, 0.6) is 0 Å². The van der Waals surface area contributed by atoms with Crippen molar-refractivity contribution in [3.63, 3.8) is 0 Å². The molecule has 1 rings (SSSR count). The van der Waals surface area contributed by atoms with Gasteiger partial charge in [-0.05, 0) is 31.1 Å². The Hall–Kier alpha value is -1.10. The molecule has 1 heterocycles. The summed E-state index contributed by atoms with van der Waals surface area (Å²) in [6, 6.07) is -0.0277. The molecule has 23 heavy (non-hydrogen) atoms. The summed E-state index contributed by atoms with van der Waals surface area (Å²) >= 11 is 0. The zero-order valence-electron chi connectivity index (χ0n) is 16.0. The molecule has 134 valence electrons. The van der Waals surface area contributed by atoms with E-state index < -0.39 is 5.41 Å². The fourth-order valence-corrected chi connectivity index (χ4v) is 2.45. The standard InChI is InChI=1S/C18H34N2O3/c1-16(2,3)12(9-10-21)19-14(22)18(7,8)15-20-13(11-23-15)17(4,5)6/h12-13,21H,9-11H2,1-8H3,(H,19,22)/t12-,13-/m0/s1. The Morgan fingerprint density at radius 3 is 2.22 bits per heavy atom. The van der Waals surface area contributed by atoms with E-state index in [1.807, 2.05) is 13.8 Å². The minimum absolute atomic E-state index is 0.0130. The van der Waals surface area contributed by atoms with E-state index in [1.165, 1.54) is 0 Å². The van der Waals surface area contributed by atoms with Gasteiger partial charge in [0.05, 0.1) is 6.04 Å².